The third-order valence-corrected chi connectivity index (χ3v) is 3.75. The highest BCUT2D eigenvalue weighted by Crippen LogP contribution is 2.22. The third kappa shape index (κ3) is 4.14. The summed E-state index contributed by atoms with van der Waals surface area (Å²) in [5.41, 5.74) is 2.98. The predicted octanol–water partition coefficient (Wildman–Crippen LogP) is 4.60. The van der Waals surface area contributed by atoms with Crippen molar-refractivity contribution >= 4 is 34.6 Å². The van der Waals surface area contributed by atoms with Crippen LogP contribution in [0.1, 0.15) is 15.9 Å². The Bertz CT molecular complexity index is 948. The molecular formula is C19H13ClN4O. The number of para-hydroxylation sites is 1. The Morgan fingerprint density at radius 3 is 2.52 bits per heavy atom. The second-order valence-corrected chi connectivity index (χ2v) is 5.62. The van der Waals surface area contributed by atoms with Crippen molar-refractivity contribution < 1.29 is 4.79 Å². The smallest absolute Gasteiger partial charge is 0.257 e. The van der Waals surface area contributed by atoms with E-state index in [1.807, 2.05) is 0 Å². The first-order valence-electron chi connectivity index (χ1n) is 7.44. The monoisotopic (exact) mass is 348 g/mol. The highest BCUT2D eigenvalue weighted by molar-refractivity contribution is 6.33. The Kier molecular flexibility index (Phi) is 4.93. The number of pyridine rings is 1. The van der Waals surface area contributed by atoms with E-state index in [9.17, 15) is 4.79 Å². The Labute approximate surface area is 149 Å². The third-order valence-electron chi connectivity index (χ3n) is 3.43. The molecule has 2 N–H and O–H groups in total. The molecule has 3 rings (SSSR count). The maximum Gasteiger partial charge on any atom is 0.257 e. The van der Waals surface area contributed by atoms with Gasteiger partial charge in [-0.3, -0.25) is 9.78 Å². The molecule has 0 saturated carbocycles. The second-order valence-electron chi connectivity index (χ2n) is 5.21. The van der Waals surface area contributed by atoms with E-state index in [1.165, 1.54) is 6.20 Å². The molecule has 1 aromatic heterocycles. The molecule has 0 aliphatic rings. The average molecular weight is 349 g/mol. The zero-order valence-corrected chi connectivity index (χ0v) is 13.8. The van der Waals surface area contributed by atoms with Crippen LogP contribution in [-0.4, -0.2) is 10.9 Å². The molecule has 2 aromatic carbocycles. The van der Waals surface area contributed by atoms with Gasteiger partial charge in [-0.25, -0.2) is 0 Å². The van der Waals surface area contributed by atoms with E-state index >= 15 is 0 Å². The maximum atomic E-state index is 12.4. The van der Waals surface area contributed by atoms with Crippen LogP contribution >= 0.6 is 11.6 Å². The number of hydrogen-bond acceptors (Lipinski definition) is 4. The lowest BCUT2D eigenvalue weighted by Crippen LogP contribution is -2.12. The average Bonchev–Trinajstić information content (AvgIpc) is 2.64. The Hall–Kier alpha value is -3.36. The van der Waals surface area contributed by atoms with Gasteiger partial charge in [0, 0.05) is 11.9 Å². The van der Waals surface area contributed by atoms with Crippen molar-refractivity contribution in [3.8, 4) is 6.07 Å². The lowest BCUT2D eigenvalue weighted by atomic mass is 10.2. The van der Waals surface area contributed by atoms with Gasteiger partial charge in [0.05, 0.1) is 39.8 Å². The van der Waals surface area contributed by atoms with Crippen LogP contribution in [0.5, 0.6) is 0 Å². The van der Waals surface area contributed by atoms with Crippen LogP contribution < -0.4 is 10.6 Å². The lowest BCUT2D eigenvalue weighted by molar-refractivity contribution is 0.102. The van der Waals surface area contributed by atoms with E-state index < -0.39 is 0 Å². The van der Waals surface area contributed by atoms with Gasteiger partial charge in [0.1, 0.15) is 0 Å². The molecule has 5 nitrogen and oxygen atoms in total. The second kappa shape index (κ2) is 7.47. The van der Waals surface area contributed by atoms with Gasteiger partial charge in [-0.05, 0) is 42.5 Å². The number of nitrogens with zero attached hydrogens (tertiary/aromatic N) is 2. The first-order valence-corrected chi connectivity index (χ1v) is 7.81. The molecule has 0 radical (unpaired) electrons. The van der Waals surface area contributed by atoms with E-state index in [4.69, 9.17) is 16.9 Å². The summed E-state index contributed by atoms with van der Waals surface area (Å²) in [6.45, 7) is 0. The van der Waals surface area contributed by atoms with Crippen LogP contribution in [0.15, 0.2) is 67.0 Å². The summed E-state index contributed by atoms with van der Waals surface area (Å²) < 4.78 is 0. The van der Waals surface area contributed by atoms with E-state index in [-0.39, 0.29) is 5.91 Å². The lowest BCUT2D eigenvalue weighted by Gasteiger charge is -2.09. The van der Waals surface area contributed by atoms with E-state index in [0.717, 1.165) is 5.69 Å². The normalized spacial score (nSPS) is 9.92. The van der Waals surface area contributed by atoms with Crippen molar-refractivity contribution in [3.05, 3.63) is 83.1 Å². The molecule has 3 aromatic rings. The van der Waals surface area contributed by atoms with E-state index in [1.54, 1.807) is 60.8 Å². The SMILES string of the molecule is N#Cc1ccc(Nc2cncc(C(=O)Nc3ccccc3Cl)c2)cc1. The predicted molar refractivity (Wildman–Crippen MR) is 98.1 cm³/mol. The van der Waals surface area contributed by atoms with Gasteiger partial charge in [0.15, 0.2) is 0 Å². The molecule has 0 spiro atoms. The van der Waals surface area contributed by atoms with Crippen LogP contribution in [0.25, 0.3) is 0 Å². The maximum absolute atomic E-state index is 12.4. The van der Waals surface area contributed by atoms with Crippen molar-refractivity contribution in [1.29, 1.82) is 5.26 Å². The van der Waals surface area contributed by atoms with Crippen molar-refractivity contribution in [3.63, 3.8) is 0 Å². The number of amides is 1. The van der Waals surface area contributed by atoms with E-state index in [2.05, 4.69) is 21.7 Å². The number of carbonyl (C=O) groups is 1. The van der Waals surface area contributed by atoms with Crippen molar-refractivity contribution in [2.24, 2.45) is 0 Å². The molecule has 0 aliphatic heterocycles. The highest BCUT2D eigenvalue weighted by Gasteiger charge is 2.09. The molecule has 0 unspecified atom stereocenters. The van der Waals surface area contributed by atoms with Gasteiger partial charge < -0.3 is 10.6 Å². The number of halogens is 1. The van der Waals surface area contributed by atoms with Crippen LogP contribution in [0.4, 0.5) is 17.1 Å². The van der Waals surface area contributed by atoms with Gasteiger partial charge in [-0.1, -0.05) is 23.7 Å². The molecule has 0 bridgehead atoms. The van der Waals surface area contributed by atoms with Gasteiger partial charge in [-0.15, -0.1) is 0 Å². The molecule has 122 valence electrons. The topological polar surface area (TPSA) is 77.8 Å². The van der Waals surface area contributed by atoms with Gasteiger partial charge in [0.2, 0.25) is 0 Å². The van der Waals surface area contributed by atoms with Gasteiger partial charge in [-0.2, -0.15) is 5.26 Å². The summed E-state index contributed by atoms with van der Waals surface area (Å²) in [6.07, 6.45) is 3.10. The standard InChI is InChI=1S/C19H13ClN4O/c20-17-3-1-2-4-18(17)24-19(25)14-9-16(12-22-11-14)23-15-7-5-13(10-21)6-8-15/h1-9,11-12,23H,(H,24,25). The number of hydrogen-bond donors (Lipinski definition) is 2. The minimum Gasteiger partial charge on any atom is -0.354 e. The van der Waals surface area contributed by atoms with Gasteiger partial charge in [0.25, 0.3) is 5.91 Å². The number of aromatic nitrogens is 1. The molecule has 0 aliphatic carbocycles. The molecule has 0 saturated heterocycles. The fraction of sp³-hybridized carbons (Fsp3) is 0. The largest absolute Gasteiger partial charge is 0.354 e. The first kappa shape index (κ1) is 16.5. The summed E-state index contributed by atoms with van der Waals surface area (Å²) in [6, 6.07) is 17.8. The Morgan fingerprint density at radius 2 is 1.80 bits per heavy atom. The zero-order chi connectivity index (χ0) is 17.6. The quantitative estimate of drug-likeness (QED) is 0.722. The number of rotatable bonds is 4. The molecule has 0 atom stereocenters. The number of carbonyl (C=O) groups excluding carboxylic acids is 1. The molecule has 6 heteroatoms. The van der Waals surface area contributed by atoms with Crippen molar-refractivity contribution in [1.82, 2.24) is 4.98 Å². The van der Waals surface area contributed by atoms with Crippen LogP contribution in [0, 0.1) is 11.3 Å². The molecule has 1 heterocycles. The van der Waals surface area contributed by atoms with Crippen LogP contribution in [-0.2, 0) is 0 Å². The fourth-order valence-corrected chi connectivity index (χ4v) is 2.37. The number of nitriles is 1. The summed E-state index contributed by atoms with van der Waals surface area (Å²) in [7, 11) is 0. The Balaban J connectivity index is 1.75. The van der Waals surface area contributed by atoms with Crippen LogP contribution in [0.2, 0.25) is 5.02 Å². The van der Waals surface area contributed by atoms with Gasteiger partial charge >= 0.3 is 0 Å². The first-order chi connectivity index (χ1) is 12.2. The summed E-state index contributed by atoms with van der Waals surface area (Å²) in [5.74, 6) is -0.302. The fourth-order valence-electron chi connectivity index (χ4n) is 2.18. The van der Waals surface area contributed by atoms with E-state index in [0.29, 0.717) is 27.5 Å². The number of nitrogens with one attached hydrogen (secondary N) is 2. The molecule has 0 fully saturated rings. The molecule has 1 amide bonds. The molecular weight excluding hydrogens is 336 g/mol. The highest BCUT2D eigenvalue weighted by atomic mass is 35.5. The summed E-state index contributed by atoms with van der Waals surface area (Å²) in [4.78, 5) is 16.5. The molecule has 25 heavy (non-hydrogen) atoms. The summed E-state index contributed by atoms with van der Waals surface area (Å²) >= 11 is 6.05. The zero-order valence-electron chi connectivity index (χ0n) is 13.0. The van der Waals surface area contributed by atoms with Crippen molar-refractivity contribution in [2.75, 3.05) is 10.6 Å². The van der Waals surface area contributed by atoms with Crippen molar-refractivity contribution in [2.45, 2.75) is 0 Å². The minimum atomic E-state index is -0.302. The Morgan fingerprint density at radius 1 is 1.04 bits per heavy atom. The minimum absolute atomic E-state index is 0.302. The summed E-state index contributed by atoms with van der Waals surface area (Å²) in [5, 5.41) is 15.2. The van der Waals surface area contributed by atoms with Crippen LogP contribution in [0.3, 0.4) is 0 Å². The number of benzene rings is 2. The number of anilines is 3.